The van der Waals surface area contributed by atoms with Crippen LogP contribution in [0.25, 0.3) is 0 Å². The van der Waals surface area contributed by atoms with Gasteiger partial charge in [-0.2, -0.15) is 5.26 Å². The highest BCUT2D eigenvalue weighted by Gasteiger charge is 2.20. The molecule has 0 spiro atoms. The maximum Gasteiger partial charge on any atom is 0.220 e. The average Bonchev–Trinajstić information content (AvgIpc) is 2.89. The first-order valence-corrected chi connectivity index (χ1v) is 8.88. The summed E-state index contributed by atoms with van der Waals surface area (Å²) in [6.45, 7) is 2.89. The van der Waals surface area contributed by atoms with Crippen molar-refractivity contribution in [3.8, 4) is 6.07 Å². The van der Waals surface area contributed by atoms with Crippen LogP contribution in [0.2, 0.25) is 0 Å². The highest BCUT2D eigenvalue weighted by Crippen LogP contribution is 2.18. The van der Waals surface area contributed by atoms with Crippen LogP contribution in [0.3, 0.4) is 0 Å². The van der Waals surface area contributed by atoms with Crippen molar-refractivity contribution in [1.29, 1.82) is 5.26 Å². The van der Waals surface area contributed by atoms with Crippen LogP contribution in [0.4, 0.5) is 0 Å². The Morgan fingerprint density at radius 3 is 2.84 bits per heavy atom. The summed E-state index contributed by atoms with van der Waals surface area (Å²) < 4.78 is 2.17. The predicted octanol–water partition coefficient (Wildman–Crippen LogP) is 2.69. The summed E-state index contributed by atoms with van der Waals surface area (Å²) in [7, 11) is 0. The standard InChI is InChI=1S/C19H23N5O/c1-14(19-23-22-17-5-3-2-4-12-24(17)19)21-18(25)11-10-15-6-8-16(13-20)9-7-15/h6-9,14H,2-5,10-12H2,1H3,(H,21,25)/t14-/m0/s1. The molecule has 130 valence electrons. The molecule has 3 rings (SSSR count). The van der Waals surface area contributed by atoms with Gasteiger partial charge in [0, 0.05) is 19.4 Å². The number of aryl methyl sites for hydroxylation is 2. The highest BCUT2D eigenvalue weighted by molar-refractivity contribution is 5.76. The average molecular weight is 337 g/mol. The maximum atomic E-state index is 12.3. The molecule has 0 bridgehead atoms. The van der Waals surface area contributed by atoms with E-state index in [0.29, 0.717) is 18.4 Å². The summed E-state index contributed by atoms with van der Waals surface area (Å²) in [5.74, 6) is 1.89. The van der Waals surface area contributed by atoms with Gasteiger partial charge in [-0.25, -0.2) is 0 Å². The van der Waals surface area contributed by atoms with E-state index in [4.69, 9.17) is 5.26 Å². The molecule has 1 aliphatic heterocycles. The first-order chi connectivity index (χ1) is 12.2. The number of carbonyl (C=O) groups excluding carboxylic acids is 1. The second-order valence-corrected chi connectivity index (χ2v) is 6.53. The van der Waals surface area contributed by atoms with E-state index in [1.54, 1.807) is 12.1 Å². The van der Waals surface area contributed by atoms with Gasteiger partial charge in [-0.15, -0.1) is 10.2 Å². The zero-order valence-corrected chi connectivity index (χ0v) is 14.5. The molecule has 0 unspecified atom stereocenters. The zero-order chi connectivity index (χ0) is 17.6. The Bertz CT molecular complexity index is 772. The van der Waals surface area contributed by atoms with Gasteiger partial charge in [0.25, 0.3) is 0 Å². The molecule has 0 radical (unpaired) electrons. The molecular formula is C19H23N5O. The second kappa shape index (κ2) is 7.93. The van der Waals surface area contributed by atoms with Gasteiger partial charge in [-0.3, -0.25) is 4.79 Å². The van der Waals surface area contributed by atoms with Gasteiger partial charge < -0.3 is 9.88 Å². The lowest BCUT2D eigenvalue weighted by Gasteiger charge is -2.15. The highest BCUT2D eigenvalue weighted by atomic mass is 16.1. The Morgan fingerprint density at radius 2 is 2.08 bits per heavy atom. The van der Waals surface area contributed by atoms with Crippen molar-refractivity contribution in [3.63, 3.8) is 0 Å². The largest absolute Gasteiger partial charge is 0.346 e. The van der Waals surface area contributed by atoms with Crippen LogP contribution in [-0.4, -0.2) is 20.7 Å². The fourth-order valence-electron chi connectivity index (χ4n) is 3.21. The number of hydrogen-bond acceptors (Lipinski definition) is 4. The van der Waals surface area contributed by atoms with Gasteiger partial charge in [0.15, 0.2) is 5.82 Å². The number of fused-ring (bicyclic) bond motifs is 1. The van der Waals surface area contributed by atoms with E-state index in [9.17, 15) is 4.79 Å². The topological polar surface area (TPSA) is 83.6 Å². The number of amides is 1. The minimum absolute atomic E-state index is 0.00262. The normalized spacial score (nSPS) is 14.9. The molecule has 25 heavy (non-hydrogen) atoms. The molecule has 1 aliphatic rings. The van der Waals surface area contributed by atoms with Crippen molar-refractivity contribution < 1.29 is 4.79 Å². The van der Waals surface area contributed by atoms with E-state index < -0.39 is 0 Å². The molecule has 0 aliphatic carbocycles. The Balaban J connectivity index is 1.55. The molecule has 0 fully saturated rings. The van der Waals surface area contributed by atoms with Crippen LogP contribution in [0, 0.1) is 11.3 Å². The first kappa shape index (κ1) is 17.2. The quantitative estimate of drug-likeness (QED) is 0.909. The third-order valence-corrected chi connectivity index (χ3v) is 4.63. The maximum absolute atomic E-state index is 12.3. The van der Waals surface area contributed by atoms with E-state index in [0.717, 1.165) is 43.0 Å². The summed E-state index contributed by atoms with van der Waals surface area (Å²) in [6.07, 6.45) is 5.54. The number of carbonyl (C=O) groups is 1. The minimum atomic E-state index is -0.146. The Labute approximate surface area is 147 Å². The van der Waals surface area contributed by atoms with Crippen molar-refractivity contribution in [2.75, 3.05) is 0 Å². The molecule has 1 N–H and O–H groups in total. The van der Waals surface area contributed by atoms with Gasteiger partial charge in [-0.1, -0.05) is 18.6 Å². The molecule has 2 aromatic rings. The van der Waals surface area contributed by atoms with Crippen molar-refractivity contribution >= 4 is 5.91 Å². The third-order valence-electron chi connectivity index (χ3n) is 4.63. The van der Waals surface area contributed by atoms with Crippen LogP contribution in [-0.2, 0) is 24.2 Å². The van der Waals surface area contributed by atoms with Crippen LogP contribution in [0.5, 0.6) is 0 Å². The fourth-order valence-corrected chi connectivity index (χ4v) is 3.21. The summed E-state index contributed by atoms with van der Waals surface area (Å²) >= 11 is 0. The Kier molecular flexibility index (Phi) is 5.44. The van der Waals surface area contributed by atoms with E-state index in [1.165, 1.54) is 6.42 Å². The van der Waals surface area contributed by atoms with E-state index in [-0.39, 0.29) is 11.9 Å². The number of nitrogens with one attached hydrogen (secondary N) is 1. The summed E-state index contributed by atoms with van der Waals surface area (Å²) in [6, 6.07) is 9.30. The summed E-state index contributed by atoms with van der Waals surface area (Å²) in [5, 5.41) is 20.4. The molecule has 1 amide bonds. The predicted molar refractivity (Wildman–Crippen MR) is 93.6 cm³/mol. The molecule has 1 atom stereocenters. The Morgan fingerprint density at radius 1 is 1.28 bits per heavy atom. The lowest BCUT2D eigenvalue weighted by atomic mass is 10.1. The lowest BCUT2D eigenvalue weighted by Crippen LogP contribution is -2.29. The number of nitrogens with zero attached hydrogens (tertiary/aromatic N) is 4. The van der Waals surface area contributed by atoms with Crippen molar-refractivity contribution in [2.45, 2.75) is 58.0 Å². The molecule has 0 saturated carbocycles. The Hall–Kier alpha value is -2.68. The van der Waals surface area contributed by atoms with Crippen LogP contribution in [0.15, 0.2) is 24.3 Å². The fraction of sp³-hybridized carbons (Fsp3) is 0.474. The third kappa shape index (κ3) is 4.24. The van der Waals surface area contributed by atoms with Crippen LogP contribution in [0.1, 0.15) is 61.4 Å². The van der Waals surface area contributed by atoms with Crippen LogP contribution >= 0.6 is 0 Å². The molecule has 0 saturated heterocycles. The lowest BCUT2D eigenvalue weighted by molar-refractivity contribution is -0.121. The van der Waals surface area contributed by atoms with Gasteiger partial charge >= 0.3 is 0 Å². The van der Waals surface area contributed by atoms with Gasteiger partial charge in [0.05, 0.1) is 17.7 Å². The number of hydrogen-bond donors (Lipinski definition) is 1. The summed E-state index contributed by atoms with van der Waals surface area (Å²) in [5.41, 5.74) is 1.69. The molecule has 6 nitrogen and oxygen atoms in total. The van der Waals surface area contributed by atoms with Gasteiger partial charge in [-0.05, 0) is 43.9 Å². The SMILES string of the molecule is C[C@H](NC(=O)CCc1ccc(C#N)cc1)c1nnc2n1CCCCC2. The number of rotatable bonds is 5. The minimum Gasteiger partial charge on any atom is -0.346 e. The molecule has 1 aromatic heterocycles. The van der Waals surface area contributed by atoms with E-state index in [1.807, 2.05) is 19.1 Å². The van der Waals surface area contributed by atoms with Crippen molar-refractivity contribution in [2.24, 2.45) is 0 Å². The zero-order valence-electron chi connectivity index (χ0n) is 14.5. The van der Waals surface area contributed by atoms with Gasteiger partial charge in [0.2, 0.25) is 5.91 Å². The van der Waals surface area contributed by atoms with E-state index >= 15 is 0 Å². The number of aromatic nitrogens is 3. The number of nitriles is 1. The van der Waals surface area contributed by atoms with Crippen molar-refractivity contribution in [3.05, 3.63) is 47.0 Å². The number of benzene rings is 1. The summed E-state index contributed by atoms with van der Waals surface area (Å²) in [4.78, 5) is 12.3. The monoisotopic (exact) mass is 337 g/mol. The molecule has 6 heteroatoms. The van der Waals surface area contributed by atoms with Gasteiger partial charge in [0.1, 0.15) is 5.82 Å². The molecule has 1 aromatic carbocycles. The van der Waals surface area contributed by atoms with E-state index in [2.05, 4.69) is 26.2 Å². The van der Waals surface area contributed by atoms with Crippen LogP contribution < -0.4 is 5.32 Å². The smallest absolute Gasteiger partial charge is 0.220 e. The first-order valence-electron chi connectivity index (χ1n) is 8.88. The molecular weight excluding hydrogens is 314 g/mol. The van der Waals surface area contributed by atoms with Crippen molar-refractivity contribution in [1.82, 2.24) is 20.1 Å². The second-order valence-electron chi connectivity index (χ2n) is 6.53. The molecule has 2 heterocycles.